The van der Waals surface area contributed by atoms with E-state index in [-0.39, 0.29) is 5.97 Å². The van der Waals surface area contributed by atoms with Crippen LogP contribution in [0.3, 0.4) is 0 Å². The zero-order chi connectivity index (χ0) is 10.1. The Morgan fingerprint density at radius 2 is 2.08 bits per heavy atom. The molecule has 0 aromatic heterocycles. The van der Waals surface area contributed by atoms with Crippen molar-refractivity contribution in [3.8, 4) is 0 Å². The van der Waals surface area contributed by atoms with Crippen LogP contribution in [0.2, 0.25) is 0 Å². The fourth-order valence-corrected chi connectivity index (χ4v) is 1.25. The average Bonchev–Trinajstić information content (AvgIpc) is 2.12. The lowest BCUT2D eigenvalue weighted by Gasteiger charge is -1.99. The zero-order valence-electron chi connectivity index (χ0n) is 8.31. The van der Waals surface area contributed by atoms with Crippen molar-refractivity contribution in [1.29, 1.82) is 0 Å². The van der Waals surface area contributed by atoms with E-state index in [9.17, 15) is 4.79 Å². The van der Waals surface area contributed by atoms with Crippen molar-refractivity contribution >= 4 is 21.9 Å². The van der Waals surface area contributed by atoms with Crippen LogP contribution in [0, 0.1) is 0 Å². The van der Waals surface area contributed by atoms with Crippen LogP contribution < -0.4 is 0 Å². The summed E-state index contributed by atoms with van der Waals surface area (Å²) >= 11 is 3.18. The summed E-state index contributed by atoms with van der Waals surface area (Å²) in [5.41, 5.74) is 0. The molecular formula is C10H17BrO2. The van der Waals surface area contributed by atoms with E-state index in [0.29, 0.717) is 11.1 Å². The minimum Gasteiger partial charge on any atom is -0.462 e. The highest BCUT2D eigenvalue weighted by Gasteiger charge is 2.04. The second kappa shape index (κ2) is 8.30. The minimum absolute atomic E-state index is 0.265. The van der Waals surface area contributed by atoms with E-state index >= 15 is 0 Å². The van der Waals surface area contributed by atoms with Gasteiger partial charge in [0.25, 0.3) is 0 Å². The molecule has 0 atom stereocenters. The molecule has 0 aromatic rings. The van der Waals surface area contributed by atoms with Crippen molar-refractivity contribution in [2.45, 2.75) is 39.5 Å². The van der Waals surface area contributed by atoms with Gasteiger partial charge in [0.2, 0.25) is 0 Å². The van der Waals surface area contributed by atoms with Crippen molar-refractivity contribution in [1.82, 2.24) is 0 Å². The summed E-state index contributed by atoms with van der Waals surface area (Å²) in [6, 6.07) is 0. The average molecular weight is 249 g/mol. The van der Waals surface area contributed by atoms with E-state index in [1.54, 1.807) is 6.92 Å². The van der Waals surface area contributed by atoms with Gasteiger partial charge in [-0.05, 0) is 35.7 Å². The fraction of sp³-hybridized carbons (Fsp3) is 0.700. The molecule has 0 aliphatic heterocycles. The minimum atomic E-state index is -0.265. The third-order valence-electron chi connectivity index (χ3n) is 1.60. The van der Waals surface area contributed by atoms with Gasteiger partial charge < -0.3 is 4.74 Å². The molecule has 76 valence electrons. The monoisotopic (exact) mass is 248 g/mol. The van der Waals surface area contributed by atoms with Gasteiger partial charge in [0.1, 0.15) is 0 Å². The van der Waals surface area contributed by atoms with E-state index in [1.165, 1.54) is 12.8 Å². The number of unbranched alkanes of at least 4 members (excludes halogenated alkanes) is 3. The molecule has 0 aromatic carbocycles. The SMILES string of the molecule is CCCCCC=C(Br)C(=O)OCC. The number of carbonyl (C=O) groups is 1. The van der Waals surface area contributed by atoms with E-state index in [4.69, 9.17) is 4.74 Å². The van der Waals surface area contributed by atoms with Crippen LogP contribution in [0.5, 0.6) is 0 Å². The highest BCUT2D eigenvalue weighted by Crippen LogP contribution is 2.10. The molecule has 2 nitrogen and oxygen atoms in total. The van der Waals surface area contributed by atoms with Crippen LogP contribution in [0.1, 0.15) is 39.5 Å². The topological polar surface area (TPSA) is 26.3 Å². The lowest BCUT2D eigenvalue weighted by Crippen LogP contribution is -2.03. The predicted molar refractivity (Wildman–Crippen MR) is 57.8 cm³/mol. The van der Waals surface area contributed by atoms with Crippen molar-refractivity contribution < 1.29 is 9.53 Å². The number of carbonyl (C=O) groups excluding carboxylic acids is 1. The Labute approximate surface area is 88.5 Å². The fourth-order valence-electron chi connectivity index (χ4n) is 0.906. The van der Waals surface area contributed by atoms with Crippen molar-refractivity contribution in [2.24, 2.45) is 0 Å². The number of ether oxygens (including phenoxy) is 1. The van der Waals surface area contributed by atoms with Gasteiger partial charge in [0.05, 0.1) is 11.1 Å². The van der Waals surface area contributed by atoms with E-state index in [2.05, 4.69) is 22.9 Å². The van der Waals surface area contributed by atoms with E-state index < -0.39 is 0 Å². The molecule has 3 heteroatoms. The summed E-state index contributed by atoms with van der Waals surface area (Å²) in [6.07, 6.45) is 6.36. The largest absolute Gasteiger partial charge is 0.462 e. The smallest absolute Gasteiger partial charge is 0.344 e. The first kappa shape index (κ1) is 12.7. The quantitative estimate of drug-likeness (QED) is 0.409. The van der Waals surface area contributed by atoms with Crippen LogP contribution in [-0.2, 0) is 9.53 Å². The van der Waals surface area contributed by atoms with Gasteiger partial charge in [-0.2, -0.15) is 0 Å². The summed E-state index contributed by atoms with van der Waals surface area (Å²) in [4.78, 5) is 11.1. The summed E-state index contributed by atoms with van der Waals surface area (Å²) in [5.74, 6) is -0.265. The zero-order valence-corrected chi connectivity index (χ0v) is 9.89. The molecular weight excluding hydrogens is 232 g/mol. The van der Waals surface area contributed by atoms with Gasteiger partial charge in [0.15, 0.2) is 0 Å². The Balaban J connectivity index is 3.67. The third kappa shape index (κ3) is 6.82. The highest BCUT2D eigenvalue weighted by atomic mass is 79.9. The summed E-state index contributed by atoms with van der Waals surface area (Å²) in [5, 5.41) is 0. The molecule has 0 aliphatic rings. The number of allylic oxidation sites excluding steroid dienone is 1. The first-order valence-corrected chi connectivity index (χ1v) is 5.54. The van der Waals surface area contributed by atoms with Crippen LogP contribution in [-0.4, -0.2) is 12.6 Å². The Hall–Kier alpha value is -0.310. The molecule has 0 saturated heterocycles. The standard InChI is InChI=1S/C10H17BrO2/c1-3-5-6-7-8-9(11)10(12)13-4-2/h8H,3-7H2,1-2H3. The molecule has 0 N–H and O–H groups in total. The van der Waals surface area contributed by atoms with Crippen LogP contribution in [0.15, 0.2) is 10.6 Å². The number of halogens is 1. The normalized spacial score (nSPS) is 11.5. The second-order valence-electron chi connectivity index (χ2n) is 2.77. The Bertz CT molecular complexity index is 176. The molecule has 0 aliphatic carbocycles. The Kier molecular flexibility index (Phi) is 8.10. The molecule has 0 bridgehead atoms. The summed E-state index contributed by atoms with van der Waals surface area (Å²) in [6.45, 7) is 4.39. The van der Waals surface area contributed by atoms with Crippen molar-refractivity contribution in [3.05, 3.63) is 10.6 Å². The third-order valence-corrected chi connectivity index (χ3v) is 2.25. The van der Waals surface area contributed by atoms with Gasteiger partial charge in [0, 0.05) is 0 Å². The van der Waals surface area contributed by atoms with Gasteiger partial charge in [-0.25, -0.2) is 4.79 Å². The first-order chi connectivity index (χ1) is 6.22. The maximum absolute atomic E-state index is 11.1. The maximum Gasteiger partial charge on any atom is 0.344 e. The second-order valence-corrected chi connectivity index (χ2v) is 3.62. The van der Waals surface area contributed by atoms with Gasteiger partial charge in [-0.15, -0.1) is 0 Å². The Morgan fingerprint density at radius 1 is 1.38 bits per heavy atom. The highest BCUT2D eigenvalue weighted by molar-refractivity contribution is 9.12. The number of rotatable bonds is 6. The molecule has 0 fully saturated rings. The number of hydrogen-bond donors (Lipinski definition) is 0. The van der Waals surface area contributed by atoms with Gasteiger partial charge >= 0.3 is 5.97 Å². The first-order valence-electron chi connectivity index (χ1n) is 4.75. The molecule has 0 spiro atoms. The van der Waals surface area contributed by atoms with Crippen LogP contribution in [0.25, 0.3) is 0 Å². The summed E-state index contributed by atoms with van der Waals surface area (Å²) in [7, 11) is 0. The molecule has 0 unspecified atom stereocenters. The van der Waals surface area contributed by atoms with Crippen molar-refractivity contribution in [2.75, 3.05) is 6.61 Å². The molecule has 13 heavy (non-hydrogen) atoms. The molecule has 0 radical (unpaired) electrons. The molecule has 0 saturated carbocycles. The molecule has 0 amide bonds. The van der Waals surface area contributed by atoms with Gasteiger partial charge in [-0.1, -0.05) is 25.8 Å². The maximum atomic E-state index is 11.1. The number of esters is 1. The van der Waals surface area contributed by atoms with Gasteiger partial charge in [-0.3, -0.25) is 0 Å². The van der Waals surface area contributed by atoms with Crippen LogP contribution >= 0.6 is 15.9 Å². The van der Waals surface area contributed by atoms with E-state index in [0.717, 1.165) is 12.8 Å². The van der Waals surface area contributed by atoms with E-state index in [1.807, 2.05) is 6.08 Å². The lowest BCUT2D eigenvalue weighted by atomic mass is 10.2. The van der Waals surface area contributed by atoms with Crippen molar-refractivity contribution in [3.63, 3.8) is 0 Å². The Morgan fingerprint density at radius 3 is 2.62 bits per heavy atom. The predicted octanol–water partition coefficient (Wildman–Crippen LogP) is 3.41. The molecule has 0 rings (SSSR count). The van der Waals surface area contributed by atoms with Crippen LogP contribution in [0.4, 0.5) is 0 Å². The molecule has 0 heterocycles. The lowest BCUT2D eigenvalue weighted by molar-refractivity contribution is -0.137. The number of hydrogen-bond acceptors (Lipinski definition) is 2. The summed E-state index contributed by atoms with van der Waals surface area (Å²) < 4.78 is 5.35.